The highest BCUT2D eigenvalue weighted by atomic mass is 31.2. The third kappa shape index (κ3) is 6.26. The number of carbonyl (C=O) groups is 2. The summed E-state index contributed by atoms with van der Waals surface area (Å²) in [6, 6.07) is 7.45. The van der Waals surface area contributed by atoms with Gasteiger partial charge in [-0.15, -0.1) is 0 Å². The van der Waals surface area contributed by atoms with Crippen LogP contribution in [-0.4, -0.2) is 39.2 Å². The normalized spacial score (nSPS) is 13.3. The van der Waals surface area contributed by atoms with Crippen LogP contribution >= 0.6 is 7.60 Å². The Hall–Kier alpha value is -2.20. The molecule has 1 aromatic rings. The molecule has 0 fully saturated rings. The summed E-state index contributed by atoms with van der Waals surface area (Å²) in [5.74, 6) is -1.50. The number of rotatable bonds is 9. The van der Waals surface area contributed by atoms with Gasteiger partial charge in [0, 0.05) is 25.7 Å². The van der Waals surface area contributed by atoms with Crippen LogP contribution in [0.5, 0.6) is 0 Å². The van der Waals surface area contributed by atoms with Gasteiger partial charge in [0.15, 0.2) is 0 Å². The second-order valence-corrected chi connectivity index (χ2v) is 7.91. The number of nitrogens with zero attached hydrogens (tertiary/aromatic N) is 1. The number of nitriles is 1. The molecular formula is C17H23N2O6P. The highest BCUT2D eigenvalue weighted by Crippen LogP contribution is 2.49. The van der Waals surface area contributed by atoms with E-state index < -0.39 is 31.4 Å². The standard InChI is InChI=1S/C17H23N2O6P/c1-12(10-18)9-15(17(21)23-2)19-16(20)14-7-5-13(6-8-14)11-26(22,24-3)25-4/h5-8,12,15H,9,11H2,1-4H3,(H,19,20)/t12-,15+/m0/s1. The van der Waals surface area contributed by atoms with E-state index in [1.54, 1.807) is 31.2 Å². The molecule has 0 aliphatic carbocycles. The van der Waals surface area contributed by atoms with E-state index in [2.05, 4.69) is 10.1 Å². The first-order valence-corrected chi connectivity index (χ1v) is 9.59. The minimum Gasteiger partial charge on any atom is -0.467 e. The van der Waals surface area contributed by atoms with E-state index in [1.165, 1.54) is 21.3 Å². The van der Waals surface area contributed by atoms with Crippen LogP contribution in [0.3, 0.4) is 0 Å². The maximum Gasteiger partial charge on any atom is 0.334 e. The van der Waals surface area contributed by atoms with Gasteiger partial charge in [0.2, 0.25) is 0 Å². The molecule has 0 saturated heterocycles. The van der Waals surface area contributed by atoms with E-state index in [9.17, 15) is 14.2 Å². The highest BCUT2D eigenvalue weighted by molar-refractivity contribution is 7.52. The number of benzene rings is 1. The van der Waals surface area contributed by atoms with Crippen LogP contribution in [0.2, 0.25) is 0 Å². The number of amides is 1. The van der Waals surface area contributed by atoms with Crippen LogP contribution in [0.1, 0.15) is 29.3 Å². The second-order valence-electron chi connectivity index (χ2n) is 5.65. The summed E-state index contributed by atoms with van der Waals surface area (Å²) < 4.78 is 26.6. The van der Waals surface area contributed by atoms with Crippen molar-refractivity contribution in [3.63, 3.8) is 0 Å². The summed E-state index contributed by atoms with van der Waals surface area (Å²) in [5.41, 5.74) is 0.994. The summed E-state index contributed by atoms with van der Waals surface area (Å²) in [4.78, 5) is 24.2. The minimum absolute atomic E-state index is 0.0758. The van der Waals surface area contributed by atoms with E-state index >= 15 is 0 Å². The fourth-order valence-electron chi connectivity index (χ4n) is 2.19. The van der Waals surface area contributed by atoms with Crippen molar-refractivity contribution in [3.8, 4) is 6.07 Å². The number of carbonyl (C=O) groups excluding carboxylic acids is 2. The molecule has 1 N–H and O–H groups in total. The lowest BCUT2D eigenvalue weighted by atomic mass is 10.0. The van der Waals surface area contributed by atoms with E-state index in [0.29, 0.717) is 11.1 Å². The molecule has 1 rings (SSSR count). The number of methoxy groups -OCH3 is 1. The molecule has 0 radical (unpaired) electrons. The van der Waals surface area contributed by atoms with Gasteiger partial charge in [0.1, 0.15) is 6.04 Å². The third-order valence-electron chi connectivity index (χ3n) is 3.75. The minimum atomic E-state index is -3.19. The number of nitrogens with one attached hydrogen (secondary N) is 1. The van der Waals surface area contributed by atoms with Gasteiger partial charge in [-0.25, -0.2) is 4.79 Å². The largest absolute Gasteiger partial charge is 0.467 e. The lowest BCUT2D eigenvalue weighted by Crippen LogP contribution is -2.42. The van der Waals surface area contributed by atoms with Crippen molar-refractivity contribution in [1.29, 1.82) is 5.26 Å². The Morgan fingerprint density at radius 1 is 1.19 bits per heavy atom. The summed E-state index contributed by atoms with van der Waals surface area (Å²) in [7, 11) is 0.640. The van der Waals surface area contributed by atoms with E-state index in [0.717, 1.165) is 0 Å². The molecule has 0 saturated carbocycles. The van der Waals surface area contributed by atoms with Crippen LogP contribution in [0, 0.1) is 17.2 Å². The van der Waals surface area contributed by atoms with Crippen molar-refractivity contribution in [2.75, 3.05) is 21.3 Å². The summed E-state index contributed by atoms with van der Waals surface area (Å²) in [6.45, 7) is 1.65. The molecule has 0 aliphatic rings. The second kappa shape index (κ2) is 10.1. The summed E-state index contributed by atoms with van der Waals surface area (Å²) in [6.07, 6.45) is 0.226. The Balaban J connectivity index is 2.84. The van der Waals surface area contributed by atoms with Crippen molar-refractivity contribution >= 4 is 19.5 Å². The Morgan fingerprint density at radius 3 is 2.23 bits per heavy atom. The van der Waals surface area contributed by atoms with E-state index in [4.69, 9.17) is 14.3 Å². The SMILES string of the molecule is COC(=O)[C@@H](C[C@H](C)C#N)NC(=O)c1ccc(CP(=O)(OC)OC)cc1. The van der Waals surface area contributed by atoms with Gasteiger partial charge in [0.05, 0.1) is 19.3 Å². The van der Waals surface area contributed by atoms with Gasteiger partial charge < -0.3 is 19.1 Å². The van der Waals surface area contributed by atoms with Gasteiger partial charge in [-0.3, -0.25) is 9.36 Å². The molecule has 0 heterocycles. The van der Waals surface area contributed by atoms with Crippen molar-refractivity contribution in [2.45, 2.75) is 25.5 Å². The van der Waals surface area contributed by atoms with Gasteiger partial charge in [-0.05, 0) is 31.0 Å². The van der Waals surface area contributed by atoms with Crippen LogP contribution in [-0.2, 0) is 29.3 Å². The van der Waals surface area contributed by atoms with Crippen molar-refractivity contribution < 1.29 is 27.9 Å². The first-order valence-electron chi connectivity index (χ1n) is 7.86. The first-order chi connectivity index (χ1) is 12.3. The van der Waals surface area contributed by atoms with Crippen LogP contribution < -0.4 is 5.32 Å². The van der Waals surface area contributed by atoms with E-state index in [-0.39, 0.29) is 12.6 Å². The Kier molecular flexibility index (Phi) is 8.46. The average Bonchev–Trinajstić information content (AvgIpc) is 2.66. The molecule has 8 nitrogen and oxygen atoms in total. The van der Waals surface area contributed by atoms with Crippen molar-refractivity contribution in [1.82, 2.24) is 5.32 Å². The number of hydrogen-bond donors (Lipinski definition) is 1. The topological polar surface area (TPSA) is 115 Å². The molecule has 1 aromatic carbocycles. The fraction of sp³-hybridized carbons (Fsp3) is 0.471. The predicted octanol–water partition coefficient (Wildman–Crippen LogP) is 2.49. The number of esters is 1. The highest BCUT2D eigenvalue weighted by Gasteiger charge is 2.25. The molecule has 0 bridgehead atoms. The lowest BCUT2D eigenvalue weighted by molar-refractivity contribution is -0.143. The lowest BCUT2D eigenvalue weighted by Gasteiger charge is -2.17. The Morgan fingerprint density at radius 2 is 1.77 bits per heavy atom. The summed E-state index contributed by atoms with van der Waals surface area (Å²) >= 11 is 0. The maximum atomic E-state index is 12.3. The molecule has 9 heteroatoms. The zero-order valence-electron chi connectivity index (χ0n) is 15.2. The molecule has 0 aliphatic heterocycles. The van der Waals surface area contributed by atoms with Crippen LogP contribution in [0.15, 0.2) is 24.3 Å². The predicted molar refractivity (Wildman–Crippen MR) is 94.4 cm³/mol. The number of hydrogen-bond acceptors (Lipinski definition) is 7. The molecule has 26 heavy (non-hydrogen) atoms. The average molecular weight is 382 g/mol. The van der Waals surface area contributed by atoms with Crippen molar-refractivity contribution in [3.05, 3.63) is 35.4 Å². The fourth-order valence-corrected chi connectivity index (χ4v) is 3.26. The zero-order chi connectivity index (χ0) is 19.7. The monoisotopic (exact) mass is 382 g/mol. The first kappa shape index (κ1) is 21.8. The molecule has 142 valence electrons. The van der Waals surface area contributed by atoms with Crippen molar-refractivity contribution in [2.24, 2.45) is 5.92 Å². The molecule has 1 amide bonds. The van der Waals surface area contributed by atoms with Gasteiger partial charge in [-0.2, -0.15) is 5.26 Å². The quantitative estimate of drug-likeness (QED) is 0.515. The van der Waals surface area contributed by atoms with Gasteiger partial charge in [0.25, 0.3) is 5.91 Å². The smallest absolute Gasteiger partial charge is 0.334 e. The maximum absolute atomic E-state index is 12.3. The van der Waals surface area contributed by atoms with Gasteiger partial charge in [-0.1, -0.05) is 12.1 Å². The van der Waals surface area contributed by atoms with Crippen LogP contribution in [0.4, 0.5) is 0 Å². The Bertz CT molecular complexity index is 705. The summed E-state index contributed by atoms with van der Waals surface area (Å²) in [5, 5.41) is 11.5. The van der Waals surface area contributed by atoms with E-state index in [1.807, 2.05) is 6.07 Å². The zero-order valence-corrected chi connectivity index (χ0v) is 16.1. The molecule has 0 aromatic heterocycles. The Labute approximate surface area is 153 Å². The number of ether oxygens (including phenoxy) is 1. The van der Waals surface area contributed by atoms with Crippen LogP contribution in [0.25, 0.3) is 0 Å². The molecule has 2 atom stereocenters. The molecule has 0 spiro atoms. The molecule has 0 unspecified atom stereocenters. The molecular weight excluding hydrogens is 359 g/mol. The van der Waals surface area contributed by atoms with Gasteiger partial charge >= 0.3 is 13.6 Å². The third-order valence-corrected chi connectivity index (χ3v) is 5.61.